The van der Waals surface area contributed by atoms with E-state index in [1.54, 1.807) is 25.2 Å². The number of carbonyl (C=O) groups excluding carboxylic acids is 2. The molecule has 7 nitrogen and oxygen atoms in total. The second kappa shape index (κ2) is 11.9. The number of aryl methyl sites for hydroxylation is 1. The Labute approximate surface area is 229 Å². The van der Waals surface area contributed by atoms with Crippen LogP contribution in [-0.2, 0) is 19.1 Å². The summed E-state index contributed by atoms with van der Waals surface area (Å²) >= 11 is 1.62. The third-order valence-corrected chi connectivity index (χ3v) is 9.11. The Morgan fingerprint density at radius 2 is 1.92 bits per heavy atom. The molecule has 208 valence electrons. The van der Waals surface area contributed by atoms with Gasteiger partial charge in [0.1, 0.15) is 11.9 Å². The van der Waals surface area contributed by atoms with Gasteiger partial charge in [0.15, 0.2) is 0 Å². The molecular weight excluding hydrogens is 502 g/mol. The minimum atomic E-state index is -1.25. The van der Waals surface area contributed by atoms with Gasteiger partial charge in [0, 0.05) is 12.3 Å². The molecule has 2 aromatic rings. The van der Waals surface area contributed by atoms with Crippen LogP contribution in [0.5, 0.6) is 0 Å². The summed E-state index contributed by atoms with van der Waals surface area (Å²) in [5, 5.41) is 23.3. The number of aromatic nitrogens is 1. The Kier molecular flexibility index (Phi) is 9.07. The lowest BCUT2D eigenvalue weighted by Crippen LogP contribution is -2.47. The zero-order valence-electron chi connectivity index (χ0n) is 23.1. The maximum absolute atomic E-state index is 13.7. The molecule has 0 saturated carbocycles. The van der Waals surface area contributed by atoms with Gasteiger partial charge in [-0.3, -0.25) is 9.59 Å². The number of nitrogens with zero attached hydrogens (tertiary/aromatic N) is 1. The summed E-state index contributed by atoms with van der Waals surface area (Å²) in [6, 6.07) is 5.94. The molecule has 0 spiro atoms. The normalized spacial score (nSPS) is 33.0. The maximum Gasteiger partial charge on any atom is 0.309 e. The van der Waals surface area contributed by atoms with Gasteiger partial charge in [-0.15, -0.1) is 11.3 Å². The third kappa shape index (κ3) is 6.89. The van der Waals surface area contributed by atoms with Crippen molar-refractivity contribution < 1.29 is 29.3 Å². The van der Waals surface area contributed by atoms with Crippen molar-refractivity contribution in [2.24, 2.45) is 17.3 Å². The van der Waals surface area contributed by atoms with Crippen LogP contribution >= 0.6 is 11.3 Å². The monoisotopic (exact) mass is 543 g/mol. The van der Waals surface area contributed by atoms with E-state index in [9.17, 15) is 19.8 Å². The lowest BCUT2D eigenvalue weighted by atomic mass is 9.71. The number of epoxide rings is 1. The number of fused-ring (bicyclic) bond motifs is 1. The van der Waals surface area contributed by atoms with Gasteiger partial charge in [-0.1, -0.05) is 38.5 Å². The van der Waals surface area contributed by atoms with E-state index in [-0.39, 0.29) is 24.2 Å². The number of carbonyl (C=O) groups is 2. The first-order valence-electron chi connectivity index (χ1n) is 13.7. The standard InChI is InChI=1S/C30H41NO6S/c1-17-7-6-8-18(2)28(34)22(14-21-16-36-21)29(35)30(4,5)26(32)15-27(33)37-24(11-9-17)20-10-12-25-23(13-20)31-19(3)38-25/h9-10,12-13,18,21-22,24,26,28,32,34H,6-8,11,14-16H2,1-5H3/b17-9-/t18-,21?,22+,24-,26-,28?/m0/s1. The van der Waals surface area contributed by atoms with Crippen LogP contribution in [0.4, 0.5) is 0 Å². The summed E-state index contributed by atoms with van der Waals surface area (Å²) < 4.78 is 12.4. The first-order chi connectivity index (χ1) is 18.0. The molecule has 0 bridgehead atoms. The number of allylic oxidation sites excluding steroid dienone is 1. The van der Waals surface area contributed by atoms with Crippen LogP contribution < -0.4 is 0 Å². The van der Waals surface area contributed by atoms with E-state index in [0.717, 1.165) is 40.1 Å². The maximum atomic E-state index is 13.7. The van der Waals surface area contributed by atoms with E-state index in [1.807, 2.05) is 32.0 Å². The van der Waals surface area contributed by atoms with Crippen molar-refractivity contribution in [3.05, 3.63) is 40.4 Å². The van der Waals surface area contributed by atoms with Gasteiger partial charge in [-0.25, -0.2) is 4.98 Å². The fourth-order valence-corrected chi connectivity index (χ4v) is 6.15. The number of thiazole rings is 1. The van der Waals surface area contributed by atoms with Crippen molar-refractivity contribution in [2.45, 2.75) is 97.6 Å². The van der Waals surface area contributed by atoms with Gasteiger partial charge in [-0.2, -0.15) is 0 Å². The number of aliphatic hydroxyl groups excluding tert-OH is 2. The first kappa shape index (κ1) is 28.9. The van der Waals surface area contributed by atoms with Crippen LogP contribution in [0.3, 0.4) is 0 Å². The predicted molar refractivity (Wildman–Crippen MR) is 148 cm³/mol. The molecule has 3 heterocycles. The van der Waals surface area contributed by atoms with E-state index in [0.29, 0.717) is 19.4 Å². The molecule has 2 aliphatic rings. The van der Waals surface area contributed by atoms with E-state index in [1.165, 1.54) is 5.57 Å². The quantitative estimate of drug-likeness (QED) is 0.301. The summed E-state index contributed by atoms with van der Waals surface area (Å²) in [6.45, 7) is 9.90. The number of hydrogen-bond donors (Lipinski definition) is 2. The average molecular weight is 544 g/mol. The Morgan fingerprint density at radius 1 is 1.18 bits per heavy atom. The minimum absolute atomic E-state index is 0.0425. The van der Waals surface area contributed by atoms with Crippen molar-refractivity contribution in [3.63, 3.8) is 0 Å². The zero-order chi connectivity index (χ0) is 27.6. The van der Waals surface area contributed by atoms with Gasteiger partial charge in [0.25, 0.3) is 0 Å². The molecule has 1 fully saturated rings. The largest absolute Gasteiger partial charge is 0.457 e. The summed E-state index contributed by atoms with van der Waals surface area (Å²) in [6.07, 6.45) is 2.59. The molecule has 0 aliphatic carbocycles. The highest BCUT2D eigenvalue weighted by Crippen LogP contribution is 2.37. The molecule has 2 aliphatic heterocycles. The van der Waals surface area contributed by atoms with E-state index >= 15 is 0 Å². The van der Waals surface area contributed by atoms with Crippen LogP contribution in [0.1, 0.15) is 82.9 Å². The second-order valence-corrected chi connectivity index (χ2v) is 12.9. The molecule has 1 saturated heterocycles. The highest BCUT2D eigenvalue weighted by atomic mass is 32.1. The molecular formula is C30H41NO6S. The molecule has 0 amide bonds. The summed E-state index contributed by atoms with van der Waals surface area (Å²) in [7, 11) is 0. The van der Waals surface area contributed by atoms with Gasteiger partial charge in [0.05, 0.1) is 52.0 Å². The van der Waals surface area contributed by atoms with Gasteiger partial charge in [0.2, 0.25) is 0 Å². The second-order valence-electron chi connectivity index (χ2n) is 11.7. The molecule has 2 N–H and O–H groups in total. The van der Waals surface area contributed by atoms with Gasteiger partial charge >= 0.3 is 5.97 Å². The van der Waals surface area contributed by atoms with Crippen molar-refractivity contribution in [2.75, 3.05) is 6.61 Å². The highest BCUT2D eigenvalue weighted by Gasteiger charge is 2.46. The molecule has 38 heavy (non-hydrogen) atoms. The Morgan fingerprint density at radius 3 is 2.63 bits per heavy atom. The topological polar surface area (TPSA) is 109 Å². The van der Waals surface area contributed by atoms with E-state index in [2.05, 4.69) is 18.0 Å². The third-order valence-electron chi connectivity index (χ3n) is 8.15. The minimum Gasteiger partial charge on any atom is -0.457 e. The smallest absolute Gasteiger partial charge is 0.309 e. The van der Waals surface area contributed by atoms with Crippen molar-refractivity contribution in [3.8, 4) is 0 Å². The lowest BCUT2D eigenvalue weighted by Gasteiger charge is -2.36. The fraction of sp³-hybridized carbons (Fsp3) is 0.633. The number of esters is 1. The van der Waals surface area contributed by atoms with Crippen molar-refractivity contribution >= 4 is 33.3 Å². The van der Waals surface area contributed by atoms with Crippen LogP contribution in [-0.4, -0.2) is 51.9 Å². The highest BCUT2D eigenvalue weighted by molar-refractivity contribution is 7.18. The number of hydrogen-bond acceptors (Lipinski definition) is 8. The molecule has 1 aromatic heterocycles. The summed E-state index contributed by atoms with van der Waals surface area (Å²) in [4.78, 5) is 31.4. The lowest BCUT2D eigenvalue weighted by molar-refractivity contribution is -0.156. The summed E-state index contributed by atoms with van der Waals surface area (Å²) in [5.74, 6) is -1.55. The molecule has 2 unspecified atom stereocenters. The van der Waals surface area contributed by atoms with Crippen molar-refractivity contribution in [1.29, 1.82) is 0 Å². The predicted octanol–water partition coefficient (Wildman–Crippen LogP) is 5.46. The van der Waals surface area contributed by atoms with Gasteiger partial charge < -0.3 is 19.7 Å². The van der Waals surface area contributed by atoms with Crippen LogP contribution in [0, 0.1) is 24.2 Å². The SMILES string of the molecule is C/C1=C/C[C@@H](c2ccc3sc(C)nc3c2)OC(=O)C[C@H](O)C(C)(C)C(=O)[C@H](CC2CO2)C(O)[C@@H](C)CCC1. The first-order valence-corrected chi connectivity index (χ1v) is 14.5. The number of cyclic esters (lactones) is 1. The number of Topliss-reactive ketones (excluding diaryl/α,β-unsaturated/α-hetero) is 1. The fourth-order valence-electron chi connectivity index (χ4n) is 5.34. The molecule has 4 rings (SSSR count). The number of rotatable bonds is 3. The van der Waals surface area contributed by atoms with E-state index in [4.69, 9.17) is 9.47 Å². The van der Waals surface area contributed by atoms with Gasteiger partial charge in [-0.05, 0) is 63.1 Å². The van der Waals surface area contributed by atoms with Crippen molar-refractivity contribution in [1.82, 2.24) is 4.98 Å². The van der Waals surface area contributed by atoms with Crippen LogP contribution in [0.15, 0.2) is 29.8 Å². The number of ketones is 1. The average Bonchev–Trinajstić information content (AvgIpc) is 3.61. The molecule has 0 radical (unpaired) electrons. The zero-order valence-corrected chi connectivity index (χ0v) is 23.9. The molecule has 6 atom stereocenters. The Hall–Kier alpha value is -2.13. The molecule has 1 aromatic carbocycles. The van der Waals surface area contributed by atoms with Crippen LogP contribution in [0.25, 0.3) is 10.2 Å². The van der Waals surface area contributed by atoms with Crippen LogP contribution in [0.2, 0.25) is 0 Å². The Bertz CT molecular complexity index is 1180. The number of ether oxygens (including phenoxy) is 2. The summed E-state index contributed by atoms with van der Waals surface area (Å²) in [5.41, 5.74) is 1.68. The van der Waals surface area contributed by atoms with E-state index < -0.39 is 35.6 Å². The Balaban J connectivity index is 1.61. The molecule has 8 heteroatoms. The number of benzene rings is 1. The number of aliphatic hydroxyl groups is 2.